The molecule has 2 aromatic rings. The van der Waals surface area contributed by atoms with Crippen LogP contribution in [0.1, 0.15) is 183 Å². The van der Waals surface area contributed by atoms with E-state index >= 15 is 0 Å². The lowest BCUT2D eigenvalue weighted by atomic mass is 9.77. The van der Waals surface area contributed by atoms with E-state index < -0.39 is 5.97 Å². The van der Waals surface area contributed by atoms with Gasteiger partial charge in [-0.2, -0.15) is 0 Å². The van der Waals surface area contributed by atoms with E-state index in [-0.39, 0.29) is 36.9 Å². The zero-order chi connectivity index (χ0) is 44.6. The van der Waals surface area contributed by atoms with Crippen molar-refractivity contribution in [1.29, 1.82) is 0 Å². The average molecular weight is 863 g/mol. The molecule has 0 aliphatic heterocycles. The Morgan fingerprint density at radius 2 is 1.00 bits per heavy atom. The van der Waals surface area contributed by atoms with E-state index in [0.717, 1.165) is 44.4 Å². The molecule has 1 fully saturated rings. The van der Waals surface area contributed by atoms with Gasteiger partial charge in [0.25, 0.3) is 0 Å². The van der Waals surface area contributed by atoms with Crippen LogP contribution in [0, 0.1) is 5.92 Å². The number of carbonyl (C=O) groups is 5. The summed E-state index contributed by atoms with van der Waals surface area (Å²) in [7, 11) is 0. The van der Waals surface area contributed by atoms with Crippen molar-refractivity contribution in [2.45, 2.75) is 167 Å². The van der Waals surface area contributed by atoms with E-state index in [0.29, 0.717) is 106 Å². The second-order valence-corrected chi connectivity index (χ2v) is 16.6. The molecular weight excluding hydrogens is 789 g/mol. The fraction of sp³-hybridized carbons (Fsp3) is 0.627. The second-order valence-electron chi connectivity index (χ2n) is 16.6. The highest BCUT2D eigenvalue weighted by molar-refractivity contribution is 5.91. The van der Waals surface area contributed by atoms with E-state index in [1.807, 2.05) is 12.1 Å². The molecule has 62 heavy (non-hydrogen) atoms. The van der Waals surface area contributed by atoms with E-state index in [2.05, 4.69) is 25.6 Å². The summed E-state index contributed by atoms with van der Waals surface area (Å²) in [6.07, 6.45) is 20.3. The van der Waals surface area contributed by atoms with Crippen molar-refractivity contribution in [3.05, 3.63) is 71.8 Å². The number of carbonyl (C=O) groups excluding carboxylic acids is 5. The van der Waals surface area contributed by atoms with Crippen LogP contribution in [0.4, 0.5) is 0 Å². The van der Waals surface area contributed by atoms with Gasteiger partial charge in [0.2, 0.25) is 0 Å². The topological polar surface area (TPSA) is 141 Å². The van der Waals surface area contributed by atoms with Gasteiger partial charge in [-0.1, -0.05) is 51.3 Å². The maximum Gasteiger partial charge on any atom is 0.343 e. The van der Waals surface area contributed by atoms with E-state index in [1.54, 1.807) is 31.2 Å². The quantitative estimate of drug-likeness (QED) is 0.0223. The second kappa shape index (κ2) is 32.1. The molecule has 11 heteroatoms. The first-order chi connectivity index (χ1) is 30.1. The minimum absolute atomic E-state index is 0.210. The molecule has 344 valence electrons. The summed E-state index contributed by atoms with van der Waals surface area (Å²) in [5, 5.41) is 0. The highest BCUT2D eigenvalue weighted by Crippen LogP contribution is 2.38. The van der Waals surface area contributed by atoms with Crippen LogP contribution in [0.15, 0.2) is 60.7 Å². The Morgan fingerprint density at radius 1 is 0.532 bits per heavy atom. The van der Waals surface area contributed by atoms with Crippen LogP contribution in [0.5, 0.6) is 11.5 Å². The van der Waals surface area contributed by atoms with Gasteiger partial charge < -0.3 is 28.4 Å². The average Bonchev–Trinajstić information content (AvgIpc) is 3.27. The summed E-state index contributed by atoms with van der Waals surface area (Å²) in [6.45, 7) is 9.24. The summed E-state index contributed by atoms with van der Waals surface area (Å²) in [5.41, 5.74) is 2.18. The molecule has 1 aliphatic carbocycles. The van der Waals surface area contributed by atoms with Gasteiger partial charge in [0, 0.05) is 24.8 Å². The van der Waals surface area contributed by atoms with E-state index in [9.17, 15) is 24.0 Å². The van der Waals surface area contributed by atoms with Crippen LogP contribution in [0.2, 0.25) is 0 Å². The summed E-state index contributed by atoms with van der Waals surface area (Å²) < 4.78 is 32.4. The Labute approximate surface area is 371 Å². The zero-order valence-corrected chi connectivity index (χ0v) is 37.8. The molecule has 1 aliphatic rings. The van der Waals surface area contributed by atoms with Gasteiger partial charge >= 0.3 is 29.8 Å². The first-order valence-corrected chi connectivity index (χ1v) is 23.5. The molecule has 3 rings (SSSR count). The van der Waals surface area contributed by atoms with Crippen molar-refractivity contribution in [1.82, 2.24) is 0 Å². The summed E-state index contributed by atoms with van der Waals surface area (Å²) in [4.78, 5) is 59.9. The standard InChI is InChI=1S/C51H74O11/c1-4-5-10-19-41-23-25-42(26-24-41)43-27-33-46(34-28-43)62-51(56)44-29-31-45(32-30-44)57-35-14-6-7-15-36-58-47(52)20-11-8-16-37-59-49(54)22-13-18-38-60-48(53)21-12-9-17-39-61-50(55)40(2)3/h27-34,41-42H,2,4-26,35-39H2,1,3H3. The molecule has 0 aromatic heterocycles. The van der Waals surface area contributed by atoms with Gasteiger partial charge in [-0.05, 0) is 163 Å². The highest BCUT2D eigenvalue weighted by Gasteiger charge is 2.22. The molecule has 11 nitrogen and oxygen atoms in total. The van der Waals surface area contributed by atoms with Gasteiger partial charge in [-0.25, -0.2) is 9.59 Å². The molecule has 0 amide bonds. The Kier molecular flexibility index (Phi) is 26.7. The number of ether oxygens (including phenoxy) is 6. The molecule has 2 aromatic carbocycles. The third-order valence-electron chi connectivity index (χ3n) is 11.2. The predicted octanol–water partition coefficient (Wildman–Crippen LogP) is 11.7. The van der Waals surface area contributed by atoms with Crippen LogP contribution in [-0.4, -0.2) is 62.9 Å². The highest BCUT2D eigenvalue weighted by atomic mass is 16.5. The summed E-state index contributed by atoms with van der Waals surface area (Å²) in [5.74, 6) is 1.19. The molecule has 0 N–H and O–H groups in total. The lowest BCUT2D eigenvalue weighted by Crippen LogP contribution is -2.13. The van der Waals surface area contributed by atoms with Crippen molar-refractivity contribution in [3.8, 4) is 11.5 Å². The van der Waals surface area contributed by atoms with Crippen molar-refractivity contribution in [2.24, 2.45) is 5.92 Å². The Bertz CT molecular complexity index is 1590. The smallest absolute Gasteiger partial charge is 0.343 e. The fourth-order valence-electron chi connectivity index (χ4n) is 7.41. The monoisotopic (exact) mass is 863 g/mol. The lowest BCUT2D eigenvalue weighted by Gasteiger charge is -2.29. The Hall–Kier alpha value is -4.67. The SMILES string of the molecule is C=C(C)C(=O)OCCCCCC(=O)OCCCCC(=O)OCCCCCC(=O)OCCCCCCOc1ccc(C(=O)Oc2ccc(C3CCC(CCCCC)CC3)cc2)cc1. The van der Waals surface area contributed by atoms with Gasteiger partial charge in [0.05, 0.1) is 38.6 Å². The normalized spacial score (nSPS) is 14.7. The van der Waals surface area contributed by atoms with Crippen LogP contribution >= 0.6 is 0 Å². The van der Waals surface area contributed by atoms with Crippen LogP contribution in [-0.2, 0) is 38.1 Å². The molecule has 1 saturated carbocycles. The van der Waals surface area contributed by atoms with Gasteiger partial charge in [-0.15, -0.1) is 0 Å². The third-order valence-corrected chi connectivity index (χ3v) is 11.2. The Morgan fingerprint density at radius 3 is 1.53 bits per heavy atom. The van der Waals surface area contributed by atoms with Crippen molar-refractivity contribution in [2.75, 3.05) is 33.0 Å². The summed E-state index contributed by atoms with van der Waals surface area (Å²) in [6, 6.07) is 15.1. The van der Waals surface area contributed by atoms with E-state index in [1.165, 1.54) is 56.9 Å². The number of hydrogen-bond acceptors (Lipinski definition) is 11. The molecule has 0 heterocycles. The first-order valence-electron chi connectivity index (χ1n) is 23.5. The largest absolute Gasteiger partial charge is 0.494 e. The van der Waals surface area contributed by atoms with Gasteiger partial charge in [0.15, 0.2) is 0 Å². The maximum absolute atomic E-state index is 12.8. The molecule has 0 unspecified atom stereocenters. The van der Waals surface area contributed by atoms with Crippen molar-refractivity contribution >= 4 is 29.8 Å². The van der Waals surface area contributed by atoms with E-state index in [4.69, 9.17) is 28.4 Å². The first kappa shape index (κ1) is 51.7. The van der Waals surface area contributed by atoms with Crippen LogP contribution in [0.25, 0.3) is 0 Å². The molecule has 0 spiro atoms. The predicted molar refractivity (Wildman–Crippen MR) is 240 cm³/mol. The van der Waals surface area contributed by atoms with Crippen molar-refractivity contribution < 1.29 is 52.4 Å². The fourth-order valence-corrected chi connectivity index (χ4v) is 7.41. The van der Waals surface area contributed by atoms with Crippen molar-refractivity contribution in [3.63, 3.8) is 0 Å². The third kappa shape index (κ3) is 23.5. The molecule has 0 saturated heterocycles. The number of unbranched alkanes of at least 4 members (excludes halogenated alkanes) is 10. The number of hydrogen-bond donors (Lipinski definition) is 0. The lowest BCUT2D eigenvalue weighted by molar-refractivity contribution is -0.146. The number of benzene rings is 2. The summed E-state index contributed by atoms with van der Waals surface area (Å²) >= 11 is 0. The molecular formula is C51H74O11. The number of rotatable bonds is 33. The van der Waals surface area contributed by atoms with Gasteiger partial charge in [-0.3, -0.25) is 14.4 Å². The minimum Gasteiger partial charge on any atom is -0.494 e. The number of esters is 5. The van der Waals surface area contributed by atoms with Gasteiger partial charge in [0.1, 0.15) is 11.5 Å². The zero-order valence-electron chi connectivity index (χ0n) is 37.8. The van der Waals surface area contributed by atoms with Crippen LogP contribution in [0.3, 0.4) is 0 Å². The molecule has 0 atom stereocenters. The molecule has 0 bridgehead atoms. The minimum atomic E-state index is -0.402. The Balaban J connectivity index is 1.09. The van der Waals surface area contributed by atoms with Crippen LogP contribution < -0.4 is 9.47 Å². The molecule has 0 radical (unpaired) electrons. The maximum atomic E-state index is 12.8.